The summed E-state index contributed by atoms with van der Waals surface area (Å²) in [6.07, 6.45) is 3.89. The molecule has 1 fully saturated rings. The third kappa shape index (κ3) is 3.63. The number of benzene rings is 1. The fourth-order valence-corrected chi connectivity index (χ4v) is 2.29. The highest BCUT2D eigenvalue weighted by Crippen LogP contribution is 2.20. The van der Waals surface area contributed by atoms with Crippen LogP contribution >= 0.6 is 0 Å². The zero-order chi connectivity index (χ0) is 12.1. The van der Waals surface area contributed by atoms with Crippen molar-refractivity contribution in [2.24, 2.45) is 0 Å². The van der Waals surface area contributed by atoms with Crippen molar-refractivity contribution in [3.05, 3.63) is 24.3 Å². The van der Waals surface area contributed by atoms with E-state index in [-0.39, 0.29) is 6.10 Å². The topological polar surface area (TPSA) is 30.5 Å². The number of ether oxygens (including phenoxy) is 2. The predicted octanol–water partition coefficient (Wildman–Crippen LogP) is 2.60. The molecule has 0 aliphatic carbocycles. The normalized spacial score (nSPS) is 21.2. The fourth-order valence-electron chi connectivity index (χ4n) is 2.29. The van der Waals surface area contributed by atoms with Gasteiger partial charge in [-0.15, -0.1) is 0 Å². The molecule has 1 aliphatic rings. The molecule has 1 heterocycles. The minimum Gasteiger partial charge on any atom is -0.497 e. The molecule has 94 valence electrons. The van der Waals surface area contributed by atoms with Gasteiger partial charge in [-0.3, -0.25) is 0 Å². The molecule has 3 heteroatoms. The van der Waals surface area contributed by atoms with Crippen LogP contribution in [0, 0.1) is 0 Å². The first-order valence-corrected chi connectivity index (χ1v) is 6.32. The number of rotatable bonds is 5. The Morgan fingerprint density at radius 2 is 2.00 bits per heavy atom. The average molecular weight is 235 g/mol. The first-order valence-electron chi connectivity index (χ1n) is 6.32. The second kappa shape index (κ2) is 5.92. The second-order valence-electron chi connectivity index (χ2n) is 4.63. The molecular weight excluding hydrogens is 214 g/mol. The Kier molecular flexibility index (Phi) is 4.26. The maximum Gasteiger partial charge on any atom is 0.119 e. The summed E-state index contributed by atoms with van der Waals surface area (Å²) in [5, 5.41) is 3.49. The summed E-state index contributed by atoms with van der Waals surface area (Å²) in [4.78, 5) is 0. The minimum absolute atomic E-state index is 0.249. The van der Waals surface area contributed by atoms with Gasteiger partial charge < -0.3 is 14.8 Å². The first-order chi connectivity index (χ1) is 8.28. The third-order valence-corrected chi connectivity index (χ3v) is 3.18. The van der Waals surface area contributed by atoms with Gasteiger partial charge in [0.05, 0.1) is 13.2 Å². The third-order valence-electron chi connectivity index (χ3n) is 3.18. The quantitative estimate of drug-likeness (QED) is 0.851. The van der Waals surface area contributed by atoms with E-state index in [4.69, 9.17) is 9.47 Å². The maximum absolute atomic E-state index is 5.88. The molecule has 17 heavy (non-hydrogen) atoms. The van der Waals surface area contributed by atoms with E-state index in [0.29, 0.717) is 6.04 Å². The number of hydrogen-bond acceptors (Lipinski definition) is 3. The van der Waals surface area contributed by atoms with Crippen LogP contribution in [0.3, 0.4) is 0 Å². The van der Waals surface area contributed by atoms with Gasteiger partial charge in [-0.1, -0.05) is 0 Å². The summed E-state index contributed by atoms with van der Waals surface area (Å²) < 4.78 is 11.0. The standard InChI is InChI=1S/C14H21NO2/c1-11(10-12-4-3-9-15-12)17-14-7-5-13(16-2)6-8-14/h5-8,11-12,15H,3-4,9-10H2,1-2H3. The molecule has 0 amide bonds. The van der Waals surface area contributed by atoms with Gasteiger partial charge >= 0.3 is 0 Å². The van der Waals surface area contributed by atoms with Gasteiger partial charge in [0.1, 0.15) is 11.5 Å². The van der Waals surface area contributed by atoms with E-state index in [9.17, 15) is 0 Å². The van der Waals surface area contributed by atoms with E-state index in [1.54, 1.807) is 7.11 Å². The van der Waals surface area contributed by atoms with Crippen molar-refractivity contribution in [2.45, 2.75) is 38.3 Å². The monoisotopic (exact) mass is 235 g/mol. The molecule has 1 aromatic rings. The molecule has 2 unspecified atom stereocenters. The van der Waals surface area contributed by atoms with E-state index in [1.807, 2.05) is 24.3 Å². The predicted molar refractivity (Wildman–Crippen MR) is 68.7 cm³/mol. The minimum atomic E-state index is 0.249. The van der Waals surface area contributed by atoms with E-state index in [0.717, 1.165) is 24.5 Å². The van der Waals surface area contributed by atoms with Crippen LogP contribution < -0.4 is 14.8 Å². The van der Waals surface area contributed by atoms with Crippen molar-refractivity contribution in [3.63, 3.8) is 0 Å². The van der Waals surface area contributed by atoms with E-state index < -0.39 is 0 Å². The molecule has 2 rings (SSSR count). The molecule has 0 bridgehead atoms. The Morgan fingerprint density at radius 1 is 1.29 bits per heavy atom. The Bertz CT molecular complexity index is 331. The summed E-state index contributed by atoms with van der Waals surface area (Å²) in [6, 6.07) is 8.39. The van der Waals surface area contributed by atoms with Gasteiger partial charge in [0, 0.05) is 6.04 Å². The summed E-state index contributed by atoms with van der Waals surface area (Å²) >= 11 is 0. The van der Waals surface area contributed by atoms with Crippen LogP contribution in [0.1, 0.15) is 26.2 Å². The van der Waals surface area contributed by atoms with Crippen LogP contribution in [0.2, 0.25) is 0 Å². The second-order valence-corrected chi connectivity index (χ2v) is 4.63. The molecule has 2 atom stereocenters. The number of nitrogens with one attached hydrogen (secondary N) is 1. The molecule has 1 N–H and O–H groups in total. The maximum atomic E-state index is 5.88. The number of hydrogen-bond donors (Lipinski definition) is 1. The van der Waals surface area contributed by atoms with Gasteiger partial charge in [-0.25, -0.2) is 0 Å². The summed E-state index contributed by atoms with van der Waals surface area (Å²) in [5.41, 5.74) is 0. The molecule has 1 aromatic carbocycles. The lowest BCUT2D eigenvalue weighted by Gasteiger charge is -2.18. The van der Waals surface area contributed by atoms with E-state index in [1.165, 1.54) is 12.8 Å². The fraction of sp³-hybridized carbons (Fsp3) is 0.571. The molecule has 1 aliphatic heterocycles. The van der Waals surface area contributed by atoms with Gasteiger partial charge in [-0.05, 0) is 57.0 Å². The van der Waals surface area contributed by atoms with Crippen LogP contribution in [-0.2, 0) is 0 Å². The van der Waals surface area contributed by atoms with Gasteiger partial charge in [0.25, 0.3) is 0 Å². The van der Waals surface area contributed by atoms with Crippen molar-refractivity contribution in [1.82, 2.24) is 5.32 Å². The Morgan fingerprint density at radius 3 is 2.59 bits per heavy atom. The van der Waals surface area contributed by atoms with E-state index in [2.05, 4.69) is 12.2 Å². The largest absolute Gasteiger partial charge is 0.497 e. The van der Waals surface area contributed by atoms with Crippen LogP contribution in [0.15, 0.2) is 24.3 Å². The highest BCUT2D eigenvalue weighted by Gasteiger charge is 2.17. The Hall–Kier alpha value is -1.22. The van der Waals surface area contributed by atoms with Crippen molar-refractivity contribution in [2.75, 3.05) is 13.7 Å². The van der Waals surface area contributed by atoms with Crippen molar-refractivity contribution in [1.29, 1.82) is 0 Å². The highest BCUT2D eigenvalue weighted by molar-refractivity contribution is 5.31. The zero-order valence-electron chi connectivity index (χ0n) is 10.6. The van der Waals surface area contributed by atoms with Crippen molar-refractivity contribution < 1.29 is 9.47 Å². The van der Waals surface area contributed by atoms with Crippen LogP contribution in [0.5, 0.6) is 11.5 Å². The summed E-state index contributed by atoms with van der Waals surface area (Å²) in [6.45, 7) is 3.28. The summed E-state index contributed by atoms with van der Waals surface area (Å²) in [7, 11) is 1.67. The molecule has 0 radical (unpaired) electrons. The Balaban J connectivity index is 1.81. The number of methoxy groups -OCH3 is 1. The van der Waals surface area contributed by atoms with E-state index >= 15 is 0 Å². The molecule has 0 aromatic heterocycles. The van der Waals surface area contributed by atoms with Crippen LogP contribution in [-0.4, -0.2) is 25.8 Å². The first kappa shape index (κ1) is 12.2. The van der Waals surface area contributed by atoms with Crippen LogP contribution in [0.25, 0.3) is 0 Å². The van der Waals surface area contributed by atoms with Gasteiger partial charge in [0.15, 0.2) is 0 Å². The SMILES string of the molecule is COc1ccc(OC(C)CC2CCCN2)cc1. The highest BCUT2D eigenvalue weighted by atomic mass is 16.5. The van der Waals surface area contributed by atoms with Crippen LogP contribution in [0.4, 0.5) is 0 Å². The smallest absolute Gasteiger partial charge is 0.119 e. The molecule has 3 nitrogen and oxygen atoms in total. The average Bonchev–Trinajstić information content (AvgIpc) is 2.82. The molecular formula is C14H21NO2. The zero-order valence-corrected chi connectivity index (χ0v) is 10.6. The van der Waals surface area contributed by atoms with Crippen molar-refractivity contribution >= 4 is 0 Å². The van der Waals surface area contributed by atoms with Crippen molar-refractivity contribution in [3.8, 4) is 11.5 Å². The summed E-state index contributed by atoms with van der Waals surface area (Å²) in [5.74, 6) is 1.78. The van der Waals surface area contributed by atoms with Gasteiger partial charge in [0.2, 0.25) is 0 Å². The molecule has 0 spiro atoms. The van der Waals surface area contributed by atoms with Gasteiger partial charge in [-0.2, -0.15) is 0 Å². The lowest BCUT2D eigenvalue weighted by atomic mass is 10.1. The lowest BCUT2D eigenvalue weighted by Crippen LogP contribution is -2.28. The molecule has 0 saturated carbocycles. The Labute approximate surface area is 103 Å². The molecule has 1 saturated heterocycles. The lowest BCUT2D eigenvalue weighted by molar-refractivity contribution is 0.196.